The van der Waals surface area contributed by atoms with Crippen molar-refractivity contribution >= 4 is 17.6 Å². The zero-order chi connectivity index (χ0) is 27.0. The zero-order valence-corrected chi connectivity index (χ0v) is 23.3. The van der Waals surface area contributed by atoms with E-state index in [2.05, 4.69) is 4.99 Å². The van der Waals surface area contributed by atoms with Crippen molar-refractivity contribution in [3.63, 3.8) is 0 Å². The van der Waals surface area contributed by atoms with Crippen LogP contribution in [0.25, 0.3) is 0 Å². The predicted octanol–water partition coefficient (Wildman–Crippen LogP) is 6.02. The first kappa shape index (κ1) is 28.6. The van der Waals surface area contributed by atoms with Crippen LogP contribution in [0.5, 0.6) is 0 Å². The third-order valence-electron chi connectivity index (χ3n) is 4.26. The molecule has 1 amide bonds. The van der Waals surface area contributed by atoms with Crippen molar-refractivity contribution in [1.82, 2.24) is 0 Å². The van der Waals surface area contributed by atoms with Crippen LogP contribution in [0.1, 0.15) is 93.4 Å². The van der Waals surface area contributed by atoms with Crippen LogP contribution in [-0.2, 0) is 23.7 Å². The lowest BCUT2D eigenvalue weighted by atomic mass is 9.80. The van der Waals surface area contributed by atoms with Crippen molar-refractivity contribution < 1.29 is 28.5 Å². The number of nitrogens with zero attached hydrogens (tertiary/aromatic N) is 1. The van der Waals surface area contributed by atoms with Crippen LogP contribution >= 0.6 is 0 Å². The maximum Gasteiger partial charge on any atom is 0.280 e. The van der Waals surface area contributed by atoms with Gasteiger partial charge in [0.25, 0.3) is 17.3 Å². The molecule has 0 fully saturated rings. The molecule has 0 heterocycles. The molecule has 0 aromatic heterocycles. The number of ketones is 1. The maximum absolute atomic E-state index is 13.9. The molecule has 1 aliphatic rings. The molecule has 2 rings (SSSR count). The quantitative estimate of drug-likeness (QED) is 0.373. The van der Waals surface area contributed by atoms with E-state index in [-0.39, 0.29) is 17.4 Å². The summed E-state index contributed by atoms with van der Waals surface area (Å²) in [5, 5.41) is 0. The highest BCUT2D eigenvalue weighted by Crippen LogP contribution is 2.47. The molecule has 194 valence electrons. The molecule has 1 aromatic carbocycles. The molecular formula is C28H41NO6. The number of aliphatic imine (C=N–C) groups is 1. The van der Waals surface area contributed by atoms with Crippen LogP contribution < -0.4 is 0 Å². The van der Waals surface area contributed by atoms with Gasteiger partial charge in [0.15, 0.2) is 5.76 Å². The molecule has 1 atom stereocenters. The molecule has 0 saturated carbocycles. The Balaban J connectivity index is 2.85. The van der Waals surface area contributed by atoms with E-state index in [1.807, 2.05) is 83.1 Å². The van der Waals surface area contributed by atoms with Gasteiger partial charge in [-0.2, -0.15) is 4.99 Å². The summed E-state index contributed by atoms with van der Waals surface area (Å²) in [4.78, 5) is 31.4. The van der Waals surface area contributed by atoms with E-state index in [1.54, 1.807) is 30.3 Å². The summed E-state index contributed by atoms with van der Waals surface area (Å²) in [6.45, 7) is 22.0. The average molecular weight is 488 g/mol. The number of amides is 1. The molecule has 7 heteroatoms. The molecule has 0 N–H and O–H groups in total. The monoisotopic (exact) mass is 487 g/mol. The third kappa shape index (κ3) is 7.40. The van der Waals surface area contributed by atoms with Crippen LogP contribution in [0.3, 0.4) is 0 Å². The fourth-order valence-electron chi connectivity index (χ4n) is 3.28. The number of hydrogen-bond acceptors (Lipinski definition) is 6. The minimum atomic E-state index is -1.89. The second kappa shape index (κ2) is 9.41. The Hall–Kier alpha value is -2.67. The van der Waals surface area contributed by atoms with Gasteiger partial charge in [0.2, 0.25) is 11.7 Å². The van der Waals surface area contributed by atoms with Crippen molar-refractivity contribution in [1.29, 1.82) is 0 Å². The van der Waals surface area contributed by atoms with Crippen LogP contribution in [0.15, 0.2) is 46.8 Å². The highest BCUT2D eigenvalue weighted by atomic mass is 16.6. The zero-order valence-electron chi connectivity index (χ0n) is 23.3. The molecule has 0 bridgehead atoms. The predicted molar refractivity (Wildman–Crippen MR) is 136 cm³/mol. The molecule has 35 heavy (non-hydrogen) atoms. The highest BCUT2D eigenvalue weighted by Gasteiger charge is 2.67. The minimum absolute atomic E-state index is 0.0362. The van der Waals surface area contributed by atoms with E-state index in [0.29, 0.717) is 5.56 Å². The molecule has 7 nitrogen and oxygen atoms in total. The first-order valence-corrected chi connectivity index (χ1v) is 11.9. The van der Waals surface area contributed by atoms with E-state index < -0.39 is 39.7 Å². The van der Waals surface area contributed by atoms with Gasteiger partial charge in [-0.05, 0) is 95.2 Å². The van der Waals surface area contributed by atoms with Gasteiger partial charge in [-0.1, -0.05) is 18.2 Å². The first-order valence-electron chi connectivity index (χ1n) is 11.9. The molecule has 0 aliphatic heterocycles. The van der Waals surface area contributed by atoms with Gasteiger partial charge >= 0.3 is 0 Å². The number of carbonyl (C=O) groups is 2. The fraction of sp³-hybridized carbons (Fsp3) is 0.607. The Bertz CT molecular complexity index is 1010. The number of hydrogen-bond donors (Lipinski definition) is 0. The van der Waals surface area contributed by atoms with Gasteiger partial charge in [-0.25, -0.2) is 0 Å². The van der Waals surface area contributed by atoms with E-state index in [4.69, 9.17) is 18.9 Å². The number of ether oxygens (including phenoxy) is 4. The van der Waals surface area contributed by atoms with Crippen molar-refractivity contribution in [3.8, 4) is 0 Å². The van der Waals surface area contributed by atoms with Gasteiger partial charge in [0, 0.05) is 5.56 Å². The van der Waals surface area contributed by atoms with Crippen molar-refractivity contribution in [3.05, 3.63) is 47.4 Å². The van der Waals surface area contributed by atoms with Crippen molar-refractivity contribution in [2.24, 2.45) is 4.99 Å². The highest BCUT2D eigenvalue weighted by molar-refractivity contribution is 6.26. The van der Waals surface area contributed by atoms with Crippen molar-refractivity contribution in [2.45, 2.75) is 111 Å². The Labute approximate surface area is 209 Å². The average Bonchev–Trinajstić information content (AvgIpc) is 2.66. The smallest absolute Gasteiger partial charge is 0.280 e. The second-order valence-corrected chi connectivity index (χ2v) is 12.6. The van der Waals surface area contributed by atoms with Gasteiger partial charge in [0.1, 0.15) is 16.8 Å². The molecule has 0 saturated heterocycles. The standard InChI is InChI=1S/C28H41NO6/c1-24(2,3)32-19-20(30)28(35-27(10,11)12,21(19)33-25(4,5)6)23(34-26(7,8)9)29-22(31)18-16-14-13-15-17-18/h13-17H,1-12H3. The molecular weight excluding hydrogens is 446 g/mol. The summed E-state index contributed by atoms with van der Waals surface area (Å²) in [5.74, 6) is -1.07. The number of Topliss-reactive ketones (excluding diaryl/α,β-unsaturated/α-hetero) is 1. The summed E-state index contributed by atoms with van der Waals surface area (Å²) in [6, 6.07) is 8.59. The molecule has 0 spiro atoms. The van der Waals surface area contributed by atoms with Gasteiger partial charge in [0.05, 0.1) is 5.60 Å². The molecule has 1 unspecified atom stereocenters. The summed E-state index contributed by atoms with van der Waals surface area (Å²) in [5.41, 5.74) is -4.53. The topological polar surface area (TPSA) is 83.4 Å². The van der Waals surface area contributed by atoms with Crippen LogP contribution in [0.4, 0.5) is 0 Å². The van der Waals surface area contributed by atoms with Crippen LogP contribution in [0, 0.1) is 0 Å². The minimum Gasteiger partial charge on any atom is -0.484 e. The summed E-state index contributed by atoms with van der Waals surface area (Å²) < 4.78 is 24.9. The Morgan fingerprint density at radius 2 is 1.26 bits per heavy atom. The van der Waals surface area contributed by atoms with Gasteiger partial charge in [-0.15, -0.1) is 0 Å². The van der Waals surface area contributed by atoms with E-state index in [9.17, 15) is 9.59 Å². The molecule has 1 aromatic rings. The molecule has 0 radical (unpaired) electrons. The van der Waals surface area contributed by atoms with Crippen LogP contribution in [0.2, 0.25) is 0 Å². The molecule has 1 aliphatic carbocycles. The lowest BCUT2D eigenvalue weighted by Gasteiger charge is -2.48. The first-order chi connectivity index (χ1) is 15.6. The number of rotatable bonds is 5. The third-order valence-corrected chi connectivity index (χ3v) is 4.26. The van der Waals surface area contributed by atoms with E-state index >= 15 is 0 Å². The Kier molecular flexibility index (Phi) is 7.68. The van der Waals surface area contributed by atoms with Gasteiger partial charge in [-0.3, -0.25) is 9.59 Å². The fourth-order valence-corrected chi connectivity index (χ4v) is 3.28. The summed E-state index contributed by atoms with van der Waals surface area (Å²) in [6.07, 6.45) is 0. The van der Waals surface area contributed by atoms with E-state index in [1.165, 1.54) is 0 Å². The van der Waals surface area contributed by atoms with Crippen LogP contribution in [-0.4, -0.2) is 45.6 Å². The van der Waals surface area contributed by atoms with Gasteiger partial charge < -0.3 is 18.9 Å². The number of carbonyl (C=O) groups excluding carboxylic acids is 2. The SMILES string of the molecule is CC(C)(C)OC(=NC(=O)c1ccccc1)C1(OC(C)(C)C)C(=O)C(OC(C)(C)C)=C1OC(C)(C)C. The van der Waals surface area contributed by atoms with E-state index in [0.717, 1.165) is 0 Å². The normalized spacial score (nSPS) is 19.9. The second-order valence-electron chi connectivity index (χ2n) is 12.6. The lowest BCUT2D eigenvalue weighted by molar-refractivity contribution is -0.176. The Morgan fingerprint density at radius 3 is 1.69 bits per heavy atom. The number of benzene rings is 1. The van der Waals surface area contributed by atoms with Crippen molar-refractivity contribution in [2.75, 3.05) is 0 Å². The largest absolute Gasteiger partial charge is 0.484 e. The Morgan fingerprint density at radius 1 is 0.743 bits per heavy atom. The summed E-state index contributed by atoms with van der Waals surface area (Å²) >= 11 is 0. The summed E-state index contributed by atoms with van der Waals surface area (Å²) in [7, 11) is 0. The lowest BCUT2D eigenvalue weighted by Crippen LogP contribution is -2.65. The maximum atomic E-state index is 13.9.